The first-order chi connectivity index (χ1) is 8.34. The van der Waals surface area contributed by atoms with Gasteiger partial charge in [0.05, 0.1) is 6.10 Å². The zero-order valence-electron chi connectivity index (χ0n) is 10.3. The number of hydrogen-bond acceptors (Lipinski definition) is 3. The highest BCUT2D eigenvalue weighted by atomic mass is 16.5. The monoisotopic (exact) mass is 234 g/mol. The highest BCUT2D eigenvalue weighted by molar-refractivity contribution is 5.40. The second-order valence-corrected chi connectivity index (χ2v) is 4.69. The summed E-state index contributed by atoms with van der Waals surface area (Å²) in [5, 5.41) is 3.46. The Morgan fingerprint density at radius 2 is 2.35 bits per heavy atom. The Bertz CT molecular complexity index is 335. The summed E-state index contributed by atoms with van der Waals surface area (Å²) in [7, 11) is 0. The molecule has 2 rings (SSSR count). The van der Waals surface area contributed by atoms with Crippen LogP contribution in [0.4, 0.5) is 5.69 Å². The molecule has 1 heterocycles. The lowest BCUT2D eigenvalue weighted by atomic mass is 10.1. The average molecular weight is 234 g/mol. The fourth-order valence-corrected chi connectivity index (χ4v) is 2.23. The Morgan fingerprint density at radius 1 is 1.41 bits per heavy atom. The van der Waals surface area contributed by atoms with Gasteiger partial charge in [-0.05, 0) is 49.9 Å². The van der Waals surface area contributed by atoms with E-state index in [1.165, 1.54) is 18.4 Å². The molecule has 0 amide bonds. The van der Waals surface area contributed by atoms with E-state index in [1.54, 1.807) is 0 Å². The maximum atomic E-state index is 5.74. The molecule has 0 radical (unpaired) electrons. The lowest BCUT2D eigenvalue weighted by Crippen LogP contribution is -2.27. The molecule has 0 aromatic heterocycles. The minimum Gasteiger partial charge on any atom is -0.399 e. The number of ether oxygens (including phenoxy) is 1. The Hall–Kier alpha value is -1.06. The number of nitrogens with two attached hydrogens (primary N) is 1. The van der Waals surface area contributed by atoms with Crippen molar-refractivity contribution in [3.63, 3.8) is 0 Å². The standard InChI is InChI=1S/C14H22N2O/c15-13-6-1-4-12(10-13)5-2-8-16-11-14-7-3-9-17-14/h1,4,6,10,14,16H,2-3,5,7-9,11,15H2. The van der Waals surface area contributed by atoms with Crippen molar-refractivity contribution < 1.29 is 4.74 Å². The van der Waals surface area contributed by atoms with Crippen molar-refractivity contribution in [2.75, 3.05) is 25.4 Å². The van der Waals surface area contributed by atoms with E-state index >= 15 is 0 Å². The minimum absolute atomic E-state index is 0.447. The van der Waals surface area contributed by atoms with Crippen molar-refractivity contribution in [3.05, 3.63) is 29.8 Å². The van der Waals surface area contributed by atoms with Gasteiger partial charge < -0.3 is 15.8 Å². The summed E-state index contributed by atoms with van der Waals surface area (Å²) in [5.41, 5.74) is 7.92. The number of nitrogen functional groups attached to an aromatic ring is 1. The number of hydrogen-bond donors (Lipinski definition) is 2. The van der Waals surface area contributed by atoms with Crippen LogP contribution < -0.4 is 11.1 Å². The molecule has 1 aliphatic rings. The van der Waals surface area contributed by atoms with Gasteiger partial charge in [0.25, 0.3) is 0 Å². The second kappa shape index (κ2) is 6.62. The van der Waals surface area contributed by atoms with Crippen molar-refractivity contribution in [2.45, 2.75) is 31.8 Å². The summed E-state index contributed by atoms with van der Waals surface area (Å²) in [6.07, 6.45) is 5.11. The minimum atomic E-state index is 0.447. The molecule has 3 N–H and O–H groups in total. The fraction of sp³-hybridized carbons (Fsp3) is 0.571. The van der Waals surface area contributed by atoms with Gasteiger partial charge in [-0.1, -0.05) is 12.1 Å². The molecule has 17 heavy (non-hydrogen) atoms. The van der Waals surface area contributed by atoms with Crippen LogP contribution >= 0.6 is 0 Å². The van der Waals surface area contributed by atoms with Crippen LogP contribution in [0.1, 0.15) is 24.8 Å². The van der Waals surface area contributed by atoms with E-state index in [0.29, 0.717) is 6.10 Å². The van der Waals surface area contributed by atoms with Gasteiger partial charge in [-0.25, -0.2) is 0 Å². The molecular formula is C14H22N2O. The smallest absolute Gasteiger partial charge is 0.0700 e. The first-order valence-electron chi connectivity index (χ1n) is 6.51. The molecule has 1 unspecified atom stereocenters. The lowest BCUT2D eigenvalue weighted by Gasteiger charge is -2.10. The summed E-state index contributed by atoms with van der Waals surface area (Å²) in [6.45, 7) is 2.99. The topological polar surface area (TPSA) is 47.3 Å². The van der Waals surface area contributed by atoms with Gasteiger partial charge in [0.1, 0.15) is 0 Å². The van der Waals surface area contributed by atoms with Crippen LogP contribution in [0.3, 0.4) is 0 Å². The normalized spacial score (nSPS) is 19.6. The van der Waals surface area contributed by atoms with Crippen LogP contribution in [0, 0.1) is 0 Å². The number of nitrogens with one attached hydrogen (secondary N) is 1. The van der Waals surface area contributed by atoms with Gasteiger partial charge >= 0.3 is 0 Å². The summed E-state index contributed by atoms with van der Waals surface area (Å²) in [6, 6.07) is 8.14. The zero-order valence-corrected chi connectivity index (χ0v) is 10.3. The Balaban J connectivity index is 1.56. The SMILES string of the molecule is Nc1cccc(CCCNCC2CCCO2)c1. The molecule has 1 saturated heterocycles. The molecular weight excluding hydrogens is 212 g/mol. The van der Waals surface area contributed by atoms with Crippen LogP contribution in [-0.2, 0) is 11.2 Å². The van der Waals surface area contributed by atoms with Gasteiger partial charge in [0.15, 0.2) is 0 Å². The van der Waals surface area contributed by atoms with Crippen LogP contribution in [0.2, 0.25) is 0 Å². The molecule has 3 heteroatoms. The van der Waals surface area contributed by atoms with Gasteiger partial charge in [0, 0.05) is 18.8 Å². The third kappa shape index (κ3) is 4.36. The third-order valence-electron chi connectivity index (χ3n) is 3.17. The van der Waals surface area contributed by atoms with Gasteiger partial charge in [0.2, 0.25) is 0 Å². The predicted octanol–water partition coefficient (Wildman–Crippen LogP) is 1.97. The second-order valence-electron chi connectivity index (χ2n) is 4.69. The van der Waals surface area contributed by atoms with E-state index in [9.17, 15) is 0 Å². The molecule has 1 aromatic rings. The quantitative estimate of drug-likeness (QED) is 0.584. The van der Waals surface area contributed by atoms with Crippen molar-refractivity contribution >= 4 is 5.69 Å². The van der Waals surface area contributed by atoms with Gasteiger partial charge in [-0.2, -0.15) is 0 Å². The first-order valence-corrected chi connectivity index (χ1v) is 6.51. The molecule has 0 bridgehead atoms. The van der Waals surface area contributed by atoms with Crippen LogP contribution in [-0.4, -0.2) is 25.8 Å². The number of anilines is 1. The highest BCUT2D eigenvalue weighted by Gasteiger charge is 2.13. The zero-order chi connectivity index (χ0) is 11.9. The summed E-state index contributed by atoms with van der Waals surface area (Å²) in [5.74, 6) is 0. The van der Waals surface area contributed by atoms with Crippen molar-refractivity contribution in [1.29, 1.82) is 0 Å². The average Bonchev–Trinajstić information content (AvgIpc) is 2.82. The molecule has 94 valence electrons. The van der Waals surface area contributed by atoms with Crippen LogP contribution in [0.25, 0.3) is 0 Å². The van der Waals surface area contributed by atoms with Crippen molar-refractivity contribution in [1.82, 2.24) is 5.32 Å². The Labute approximate surface area is 103 Å². The van der Waals surface area contributed by atoms with Crippen LogP contribution in [0.15, 0.2) is 24.3 Å². The van der Waals surface area contributed by atoms with Crippen molar-refractivity contribution in [3.8, 4) is 0 Å². The van der Waals surface area contributed by atoms with Crippen molar-refractivity contribution in [2.24, 2.45) is 0 Å². The molecule has 3 nitrogen and oxygen atoms in total. The first kappa shape index (κ1) is 12.4. The largest absolute Gasteiger partial charge is 0.399 e. The van der Waals surface area contributed by atoms with E-state index in [4.69, 9.17) is 10.5 Å². The highest BCUT2D eigenvalue weighted by Crippen LogP contribution is 2.11. The summed E-state index contributed by atoms with van der Waals surface area (Å²) < 4.78 is 5.55. The molecule has 1 atom stereocenters. The van der Waals surface area contributed by atoms with E-state index in [0.717, 1.165) is 38.2 Å². The Kier molecular flexibility index (Phi) is 4.83. The molecule has 0 saturated carbocycles. The van der Waals surface area contributed by atoms with Gasteiger partial charge in [-0.3, -0.25) is 0 Å². The maximum Gasteiger partial charge on any atom is 0.0700 e. The predicted molar refractivity (Wildman–Crippen MR) is 71.0 cm³/mol. The molecule has 1 aromatic carbocycles. The molecule has 0 aliphatic carbocycles. The van der Waals surface area contributed by atoms with E-state index < -0.39 is 0 Å². The number of rotatable bonds is 6. The molecule has 1 fully saturated rings. The third-order valence-corrected chi connectivity index (χ3v) is 3.17. The van der Waals surface area contributed by atoms with E-state index in [1.807, 2.05) is 12.1 Å². The maximum absolute atomic E-state index is 5.74. The molecule has 1 aliphatic heterocycles. The molecule has 0 spiro atoms. The van der Waals surface area contributed by atoms with Crippen LogP contribution in [0.5, 0.6) is 0 Å². The number of aryl methyl sites for hydroxylation is 1. The van der Waals surface area contributed by atoms with E-state index in [2.05, 4.69) is 17.4 Å². The number of benzene rings is 1. The summed E-state index contributed by atoms with van der Waals surface area (Å²) in [4.78, 5) is 0. The van der Waals surface area contributed by atoms with Gasteiger partial charge in [-0.15, -0.1) is 0 Å². The Morgan fingerprint density at radius 3 is 3.12 bits per heavy atom. The summed E-state index contributed by atoms with van der Waals surface area (Å²) >= 11 is 0. The lowest BCUT2D eigenvalue weighted by molar-refractivity contribution is 0.110. The van der Waals surface area contributed by atoms with E-state index in [-0.39, 0.29) is 0 Å². The fourth-order valence-electron chi connectivity index (χ4n) is 2.23.